The average molecular weight is 543 g/mol. The minimum absolute atomic E-state index is 0.114. The number of alkyl halides is 2. The fourth-order valence-electron chi connectivity index (χ4n) is 5.86. The number of aromatic nitrogens is 1. The Hall–Kier alpha value is -3.21. The highest BCUT2D eigenvalue weighted by Crippen LogP contribution is 2.36. The highest BCUT2D eigenvalue weighted by atomic mass is 19.3. The predicted molar refractivity (Wildman–Crippen MR) is 146 cm³/mol. The lowest BCUT2D eigenvalue weighted by Crippen LogP contribution is -2.49. The van der Waals surface area contributed by atoms with Gasteiger partial charge in [0.15, 0.2) is 0 Å². The molecule has 0 amide bonds. The fourth-order valence-corrected chi connectivity index (χ4v) is 5.86. The van der Waals surface area contributed by atoms with Gasteiger partial charge in [-0.2, -0.15) is 0 Å². The fraction of sp³-hybridized carbons (Fsp3) is 0.483. The number of methoxy groups -OCH3 is 1. The maximum absolute atomic E-state index is 13.4. The second-order valence-corrected chi connectivity index (χ2v) is 10.4. The van der Waals surface area contributed by atoms with Crippen LogP contribution < -0.4 is 10.1 Å². The van der Waals surface area contributed by atoms with Crippen molar-refractivity contribution < 1.29 is 28.2 Å². The van der Waals surface area contributed by atoms with E-state index in [1.54, 1.807) is 18.1 Å². The zero-order valence-corrected chi connectivity index (χ0v) is 22.4. The largest absolute Gasteiger partial charge is 0.496 e. The summed E-state index contributed by atoms with van der Waals surface area (Å²) >= 11 is 0. The van der Waals surface area contributed by atoms with Crippen molar-refractivity contribution in [3.8, 4) is 5.75 Å². The number of anilines is 1. The van der Waals surface area contributed by atoms with Crippen molar-refractivity contribution >= 4 is 22.6 Å². The topological polar surface area (TPSA) is 90.1 Å². The van der Waals surface area contributed by atoms with Crippen LogP contribution in [0.5, 0.6) is 5.75 Å². The first-order valence-corrected chi connectivity index (χ1v) is 13.4. The normalized spacial score (nSPS) is 19.6. The molecule has 2 aliphatic heterocycles. The van der Waals surface area contributed by atoms with E-state index in [2.05, 4.69) is 15.2 Å². The van der Waals surface area contributed by atoms with Crippen molar-refractivity contribution in [3.05, 3.63) is 58.8 Å². The number of piperazine rings is 1. The Bertz CT molecular complexity index is 1310. The van der Waals surface area contributed by atoms with E-state index in [9.17, 15) is 18.7 Å². The van der Waals surface area contributed by atoms with Crippen LogP contribution in [0, 0.1) is 6.92 Å². The molecule has 10 heteroatoms. The number of carboxylic acids is 1. The van der Waals surface area contributed by atoms with Crippen molar-refractivity contribution in [2.75, 3.05) is 51.8 Å². The number of carboxylic acid groups (broad SMARTS) is 1. The molecule has 3 aromatic rings. The maximum Gasteiger partial charge on any atom is 0.337 e. The molecule has 1 aromatic heterocycles. The molecule has 0 spiro atoms. The Balaban J connectivity index is 1.50. The maximum atomic E-state index is 13.4. The number of H-pyrrole nitrogens is 1. The summed E-state index contributed by atoms with van der Waals surface area (Å²) in [6.45, 7) is 5.09. The van der Waals surface area contributed by atoms with E-state index in [1.165, 1.54) is 0 Å². The molecule has 39 heavy (non-hydrogen) atoms. The van der Waals surface area contributed by atoms with Gasteiger partial charge in [0.1, 0.15) is 5.75 Å². The molecule has 2 aliphatic rings. The van der Waals surface area contributed by atoms with E-state index >= 15 is 0 Å². The number of halogens is 2. The molecule has 2 fully saturated rings. The first-order valence-electron chi connectivity index (χ1n) is 13.4. The molecule has 3 heterocycles. The summed E-state index contributed by atoms with van der Waals surface area (Å²) in [6.07, 6.45) is 1.08. The summed E-state index contributed by atoms with van der Waals surface area (Å²) in [6, 6.07) is 9.30. The predicted octanol–water partition coefficient (Wildman–Crippen LogP) is 4.90. The molecule has 5 rings (SSSR count). The Kier molecular flexibility index (Phi) is 8.34. The summed E-state index contributed by atoms with van der Waals surface area (Å²) in [7, 11) is 1.66. The van der Waals surface area contributed by atoms with Gasteiger partial charge in [0.25, 0.3) is 6.43 Å². The number of hydrogen-bond donors (Lipinski definition) is 3. The van der Waals surface area contributed by atoms with E-state index in [-0.39, 0.29) is 24.2 Å². The van der Waals surface area contributed by atoms with Crippen LogP contribution in [0.25, 0.3) is 10.9 Å². The van der Waals surface area contributed by atoms with E-state index in [1.807, 2.05) is 37.4 Å². The van der Waals surface area contributed by atoms with Crippen LogP contribution in [0.1, 0.15) is 45.9 Å². The molecule has 8 nitrogen and oxygen atoms in total. The van der Waals surface area contributed by atoms with Crippen LogP contribution in [0.3, 0.4) is 0 Å². The summed E-state index contributed by atoms with van der Waals surface area (Å²) in [5, 5.41) is 14.4. The number of aryl methyl sites for hydroxylation is 1. The van der Waals surface area contributed by atoms with Gasteiger partial charge >= 0.3 is 5.97 Å². The Labute approximate surface area is 226 Å². The molecular formula is C29H36F2N4O4. The first kappa shape index (κ1) is 27.4. The zero-order chi connectivity index (χ0) is 27.5. The van der Waals surface area contributed by atoms with Gasteiger partial charge in [0.2, 0.25) is 0 Å². The van der Waals surface area contributed by atoms with Crippen LogP contribution in [0.15, 0.2) is 36.5 Å². The number of benzene rings is 2. The first-order chi connectivity index (χ1) is 18.8. The van der Waals surface area contributed by atoms with E-state index in [0.29, 0.717) is 45.1 Å². The molecule has 0 saturated carbocycles. The van der Waals surface area contributed by atoms with Crippen LogP contribution in [-0.2, 0) is 11.3 Å². The van der Waals surface area contributed by atoms with Crippen LogP contribution in [0.2, 0.25) is 0 Å². The van der Waals surface area contributed by atoms with E-state index in [4.69, 9.17) is 9.47 Å². The molecule has 1 atom stereocenters. The quantitative estimate of drug-likeness (QED) is 0.355. The van der Waals surface area contributed by atoms with Gasteiger partial charge in [-0.1, -0.05) is 6.07 Å². The van der Waals surface area contributed by atoms with Gasteiger partial charge in [-0.3, -0.25) is 9.80 Å². The number of ether oxygens (including phenoxy) is 2. The third-order valence-electron chi connectivity index (χ3n) is 7.90. The number of hydrogen-bond acceptors (Lipinski definition) is 6. The Morgan fingerprint density at radius 3 is 2.74 bits per heavy atom. The molecule has 0 aliphatic carbocycles. The Morgan fingerprint density at radius 1 is 1.23 bits per heavy atom. The van der Waals surface area contributed by atoms with Crippen molar-refractivity contribution in [3.63, 3.8) is 0 Å². The van der Waals surface area contributed by atoms with Crippen molar-refractivity contribution in [2.24, 2.45) is 0 Å². The number of aromatic amines is 1. The molecule has 3 N–H and O–H groups in total. The van der Waals surface area contributed by atoms with Gasteiger partial charge in [0.05, 0.1) is 19.2 Å². The van der Waals surface area contributed by atoms with E-state index in [0.717, 1.165) is 46.2 Å². The smallest absolute Gasteiger partial charge is 0.337 e. The van der Waals surface area contributed by atoms with Crippen molar-refractivity contribution in [1.82, 2.24) is 14.8 Å². The third kappa shape index (κ3) is 6.03. The highest BCUT2D eigenvalue weighted by molar-refractivity contribution is 5.94. The molecule has 0 radical (unpaired) electrons. The monoisotopic (exact) mass is 542 g/mol. The number of fused-ring (bicyclic) bond motifs is 1. The van der Waals surface area contributed by atoms with Crippen molar-refractivity contribution in [1.29, 1.82) is 0 Å². The number of rotatable bonds is 9. The Morgan fingerprint density at radius 2 is 2.03 bits per heavy atom. The lowest BCUT2D eigenvalue weighted by Gasteiger charge is -2.42. The summed E-state index contributed by atoms with van der Waals surface area (Å²) in [5.41, 5.74) is 4.82. The summed E-state index contributed by atoms with van der Waals surface area (Å²) in [5.74, 6) is -0.216. The molecule has 2 aromatic carbocycles. The van der Waals surface area contributed by atoms with Crippen LogP contribution >= 0.6 is 0 Å². The minimum atomic E-state index is -2.42. The number of aromatic carboxylic acids is 1. The molecule has 0 unspecified atom stereocenters. The standard InChI is InChI=1S/C29H36F2N4O4/c1-18-13-26(38-2)23(21-5-8-32-28(18)21)15-35-10-9-34(17-27(30)31)16-25(35)19-3-4-22(29(36)37)24(14-19)33-20-6-11-39-12-7-20/h3-5,8,13-14,20,25,27,32-33H,6-7,9-12,15-17H2,1-2H3,(H,36,37)/t25-/m1/s1. The number of nitrogens with zero attached hydrogens (tertiary/aromatic N) is 2. The molecule has 210 valence electrons. The second kappa shape index (κ2) is 11.9. The van der Waals surface area contributed by atoms with Crippen molar-refractivity contribution in [2.45, 2.75) is 44.8 Å². The summed E-state index contributed by atoms with van der Waals surface area (Å²) < 4.78 is 38.0. The molecular weight excluding hydrogens is 506 g/mol. The van der Waals surface area contributed by atoms with Gasteiger partial charge in [-0.25, -0.2) is 13.6 Å². The van der Waals surface area contributed by atoms with Gasteiger partial charge in [-0.15, -0.1) is 0 Å². The van der Waals surface area contributed by atoms with Gasteiger partial charge < -0.3 is 24.9 Å². The van der Waals surface area contributed by atoms with Crippen LogP contribution in [-0.4, -0.2) is 84.8 Å². The number of carbonyl (C=O) groups is 1. The second-order valence-electron chi connectivity index (χ2n) is 10.4. The van der Waals surface area contributed by atoms with Gasteiger partial charge in [0, 0.05) is 79.8 Å². The summed E-state index contributed by atoms with van der Waals surface area (Å²) in [4.78, 5) is 19.4. The molecule has 2 saturated heterocycles. The lowest BCUT2D eigenvalue weighted by molar-refractivity contribution is 0.0246. The highest BCUT2D eigenvalue weighted by Gasteiger charge is 2.32. The zero-order valence-electron chi connectivity index (χ0n) is 22.4. The average Bonchev–Trinajstić information content (AvgIpc) is 3.42. The molecule has 0 bridgehead atoms. The minimum Gasteiger partial charge on any atom is -0.496 e. The van der Waals surface area contributed by atoms with E-state index < -0.39 is 12.4 Å². The third-order valence-corrected chi connectivity index (χ3v) is 7.90. The number of nitrogens with one attached hydrogen (secondary N) is 2. The van der Waals surface area contributed by atoms with Crippen LogP contribution in [0.4, 0.5) is 14.5 Å². The lowest BCUT2D eigenvalue weighted by atomic mass is 9.97. The SMILES string of the molecule is COc1cc(C)c2[nH]ccc2c1CN1CCN(CC(F)F)C[C@@H]1c1ccc(C(=O)O)c(NC2CCOCC2)c1. The van der Waals surface area contributed by atoms with Gasteiger partial charge in [-0.05, 0) is 55.2 Å².